The van der Waals surface area contributed by atoms with Gasteiger partial charge in [-0.05, 0) is 185 Å². The Morgan fingerprint density at radius 1 is 0.824 bits per heavy atom. The Balaban J connectivity index is 0.000000262. The number of pyridine rings is 1. The molecule has 8 heteroatoms. The number of hydrogen-bond donors (Lipinski definition) is 1. The maximum Gasteiger partial charge on any atom is 0.235 e. The number of nitrogens with zero attached hydrogens (tertiary/aromatic N) is 3. The largest absolute Gasteiger partial charge is 0.498 e. The molecule has 2 aliphatic carbocycles. The van der Waals surface area contributed by atoms with Gasteiger partial charge in [0, 0.05) is 41.4 Å². The number of rotatable bonds is 28. The number of imide groups is 1. The van der Waals surface area contributed by atoms with Gasteiger partial charge in [-0.25, -0.2) is 4.39 Å². The molecule has 5 unspecified atom stereocenters. The van der Waals surface area contributed by atoms with Gasteiger partial charge in [0.15, 0.2) is 0 Å². The number of hydrogen-bond acceptors (Lipinski definition) is 5. The van der Waals surface area contributed by atoms with Gasteiger partial charge in [-0.15, -0.1) is 6.42 Å². The number of fused-ring (bicyclic) bond motifs is 2. The molecule has 3 aromatic carbocycles. The number of carbonyl (C=O) groups is 2. The Morgan fingerprint density at radius 2 is 1.52 bits per heavy atom. The van der Waals surface area contributed by atoms with Crippen LogP contribution in [0.1, 0.15) is 312 Å². The van der Waals surface area contributed by atoms with Crippen molar-refractivity contribution in [3.05, 3.63) is 106 Å². The van der Waals surface area contributed by atoms with Gasteiger partial charge < -0.3 is 4.74 Å². The zero-order valence-electron chi connectivity index (χ0n) is 61.0. The molecule has 7 nitrogen and oxygen atoms in total. The summed E-state index contributed by atoms with van der Waals surface area (Å²) in [7, 11) is 1.94. The molecule has 3 fully saturated rings. The summed E-state index contributed by atoms with van der Waals surface area (Å²) >= 11 is 0. The number of ether oxygens (including phenoxy) is 1. The van der Waals surface area contributed by atoms with Crippen LogP contribution >= 0.6 is 0 Å². The maximum absolute atomic E-state index is 14.5. The van der Waals surface area contributed by atoms with Crippen molar-refractivity contribution in [1.82, 2.24) is 20.1 Å². The second-order valence-electron chi connectivity index (χ2n) is 28.4. The fourth-order valence-corrected chi connectivity index (χ4v) is 14.2. The third kappa shape index (κ3) is 22.9. The molecule has 3 aliphatic rings. The number of aryl methyl sites for hydroxylation is 1. The number of halogens is 1. The van der Waals surface area contributed by atoms with E-state index in [1.54, 1.807) is 6.07 Å². The lowest BCUT2D eigenvalue weighted by atomic mass is 9.58. The summed E-state index contributed by atoms with van der Waals surface area (Å²) < 4.78 is 21.8. The zero-order valence-corrected chi connectivity index (χ0v) is 61.0. The molecule has 2 saturated carbocycles. The first-order valence-corrected chi connectivity index (χ1v) is 36.4. The van der Waals surface area contributed by atoms with Gasteiger partial charge in [0.25, 0.3) is 0 Å². The minimum Gasteiger partial charge on any atom is -0.498 e. The second-order valence-corrected chi connectivity index (χ2v) is 28.4. The molecule has 0 radical (unpaired) electrons. The molecule has 504 valence electrons. The second kappa shape index (κ2) is 39.2. The van der Waals surface area contributed by atoms with Crippen molar-refractivity contribution >= 4 is 44.6 Å². The number of allylic oxidation sites excluding steroid dienone is 1. The highest BCUT2D eigenvalue weighted by Crippen LogP contribution is 2.52. The molecule has 2 amide bonds. The van der Waals surface area contributed by atoms with Gasteiger partial charge in [0.1, 0.15) is 5.82 Å². The van der Waals surface area contributed by atoms with Crippen molar-refractivity contribution < 1.29 is 18.7 Å². The Morgan fingerprint density at radius 3 is 2.09 bits per heavy atom. The van der Waals surface area contributed by atoms with E-state index in [-0.39, 0.29) is 23.5 Å². The maximum atomic E-state index is 14.5. The third-order valence-electron chi connectivity index (χ3n) is 20.7. The van der Waals surface area contributed by atoms with Gasteiger partial charge in [-0.3, -0.25) is 24.6 Å². The molecule has 3 heterocycles. The van der Waals surface area contributed by atoms with E-state index in [1.165, 1.54) is 174 Å². The summed E-state index contributed by atoms with van der Waals surface area (Å²) in [6.07, 6.45) is 40.7. The SMILES string of the molecule is C#Cc1c(F)ccc2cccc(-c3nc/c(=C(\C)C(C)CC)c(=C(C)CC)c3C)c12.C=C(C)OCC1(CC)CC1.CCCCC(C)CC(C)CC.CCCCCC(CCC)c1ccc2c(C3CCC(=O)NC3=O)nn(C)c2c1.CCCCCC1(CCC)CC(C)C1. The van der Waals surface area contributed by atoms with Crippen molar-refractivity contribution in [3.8, 4) is 23.6 Å². The predicted octanol–water partition coefficient (Wildman–Crippen LogP) is 22.4. The lowest BCUT2D eigenvalue weighted by Gasteiger charge is -2.47. The van der Waals surface area contributed by atoms with Crippen LogP contribution in [0, 0.1) is 59.6 Å². The average molecular weight is 1250 g/mol. The Hall–Kier alpha value is -5.55. The van der Waals surface area contributed by atoms with E-state index in [1.807, 2.05) is 43.0 Å². The van der Waals surface area contributed by atoms with Crippen LogP contribution in [-0.2, 0) is 21.4 Å². The lowest BCUT2D eigenvalue weighted by molar-refractivity contribution is -0.134. The number of aromatic nitrogens is 3. The number of terminal acetylenes is 1. The van der Waals surface area contributed by atoms with E-state index in [4.69, 9.17) is 16.1 Å². The van der Waals surface area contributed by atoms with Crippen LogP contribution in [-0.4, -0.2) is 33.2 Å². The molecular formula is C83H127FN4O3. The minimum atomic E-state index is -0.371. The number of amides is 2. The molecule has 0 spiro atoms. The van der Waals surface area contributed by atoms with Crippen molar-refractivity contribution in [2.45, 2.75) is 296 Å². The summed E-state index contributed by atoms with van der Waals surface area (Å²) in [6, 6.07) is 15.8. The Labute approximate surface area is 554 Å². The van der Waals surface area contributed by atoms with Crippen LogP contribution in [0.3, 0.4) is 0 Å². The van der Waals surface area contributed by atoms with Crippen molar-refractivity contribution in [3.63, 3.8) is 0 Å². The van der Waals surface area contributed by atoms with Crippen molar-refractivity contribution in [1.29, 1.82) is 0 Å². The van der Waals surface area contributed by atoms with E-state index in [0.717, 1.165) is 92.6 Å². The van der Waals surface area contributed by atoms with Crippen LogP contribution in [0.4, 0.5) is 4.39 Å². The Bertz CT molecular complexity index is 3230. The molecule has 5 atom stereocenters. The summed E-state index contributed by atoms with van der Waals surface area (Å²) in [5.41, 5.74) is 10.4. The number of nitrogens with one attached hydrogen (secondary N) is 1. The van der Waals surface area contributed by atoms with E-state index in [0.29, 0.717) is 35.7 Å². The number of unbranched alkanes of at least 4 members (excludes halogenated alkanes) is 5. The number of piperidine rings is 1. The minimum absolute atomic E-state index is 0.187. The van der Waals surface area contributed by atoms with Crippen LogP contribution in [0.25, 0.3) is 44.1 Å². The van der Waals surface area contributed by atoms with Gasteiger partial charge in [-0.1, -0.05) is 227 Å². The highest BCUT2D eigenvalue weighted by atomic mass is 19.1. The highest BCUT2D eigenvalue weighted by Gasteiger charge is 2.42. The molecule has 1 N–H and O–H groups in total. The van der Waals surface area contributed by atoms with Gasteiger partial charge in [0.2, 0.25) is 11.8 Å². The standard InChI is InChI=1S/C28H30FN.C22H31N3O2.C13H26.C11H24.C9H16O/c1-8-17(4)19(6)24-16-30-28(20(7)26(24)18(5)9-2)23-13-11-12-21-14-15-25(29)22(10-3)27(21)23;1-4-6-7-9-15(8-5-2)16-10-11-17-19(14-16)25(3)24-21(17)18-12-13-20(26)23-22(18)27;1-4-6-7-9-13(8-5-2)10-12(3)11-13;1-5-7-8-11(4)9-10(3)6-2;1-4-9(5-6-9)7-10-8(2)3/h3,11-17H,8-9H2,1-2,4-7H3;10-11,14-15,18H,4-9,12-13H2,1-3H3,(H,23,26,27);12H,4-11H2,1-3H3;10-11H,5-9H2,1-4H3;2,4-7H2,1,3H3/b24-19-,26-18?;;;;. The molecular weight excluding hydrogens is 1120 g/mol. The average Bonchev–Trinajstić information content (AvgIpc) is 0.890. The smallest absolute Gasteiger partial charge is 0.235 e. The summed E-state index contributed by atoms with van der Waals surface area (Å²) in [4.78, 5) is 28.6. The van der Waals surface area contributed by atoms with E-state index in [9.17, 15) is 14.0 Å². The van der Waals surface area contributed by atoms with Crippen molar-refractivity contribution in [2.24, 2.45) is 41.5 Å². The van der Waals surface area contributed by atoms with Gasteiger partial charge in [0.05, 0.1) is 40.8 Å². The number of carbonyl (C=O) groups excluding carboxylic acids is 2. The normalized spacial score (nSPS) is 19.2. The molecule has 1 aliphatic heterocycles. The topological polar surface area (TPSA) is 86.1 Å². The van der Waals surface area contributed by atoms with E-state index < -0.39 is 0 Å². The number of benzene rings is 3. The van der Waals surface area contributed by atoms with Crippen LogP contribution in [0.15, 0.2) is 67.1 Å². The molecule has 2 aromatic heterocycles. The van der Waals surface area contributed by atoms with Crippen LogP contribution in [0.5, 0.6) is 0 Å². The van der Waals surface area contributed by atoms with Crippen LogP contribution in [0.2, 0.25) is 0 Å². The van der Waals surface area contributed by atoms with E-state index >= 15 is 0 Å². The quantitative estimate of drug-likeness (QED) is 0.0233. The summed E-state index contributed by atoms with van der Waals surface area (Å²) in [5.74, 6) is 6.25. The first kappa shape index (κ1) is 77.9. The third-order valence-corrected chi connectivity index (χ3v) is 20.7. The molecule has 91 heavy (non-hydrogen) atoms. The fraction of sp³-hybridized carbons (Fsp3) is 0.639. The Kier molecular flexibility index (Phi) is 33.6. The van der Waals surface area contributed by atoms with E-state index in [2.05, 4.69) is 152 Å². The molecule has 1 saturated heterocycles. The highest BCUT2D eigenvalue weighted by molar-refractivity contribution is 6.03. The molecule has 0 bridgehead atoms. The van der Waals surface area contributed by atoms with Crippen LogP contribution < -0.4 is 15.8 Å². The summed E-state index contributed by atoms with van der Waals surface area (Å²) in [6.45, 7) is 42.8. The van der Waals surface area contributed by atoms with Gasteiger partial charge in [-0.2, -0.15) is 5.10 Å². The lowest BCUT2D eigenvalue weighted by Crippen LogP contribution is -2.39. The molecule has 5 aromatic rings. The molecule has 8 rings (SSSR count). The predicted molar refractivity (Wildman–Crippen MR) is 390 cm³/mol. The van der Waals surface area contributed by atoms with Crippen molar-refractivity contribution in [2.75, 3.05) is 6.61 Å². The first-order valence-electron chi connectivity index (χ1n) is 36.4. The summed E-state index contributed by atoms with van der Waals surface area (Å²) in [5, 5.41) is 12.3. The van der Waals surface area contributed by atoms with Gasteiger partial charge >= 0.3 is 0 Å². The zero-order chi connectivity index (χ0) is 67.4. The fourth-order valence-electron chi connectivity index (χ4n) is 14.2. The monoisotopic (exact) mass is 1250 g/mol. The first-order chi connectivity index (χ1) is 43.5.